The summed E-state index contributed by atoms with van der Waals surface area (Å²) >= 11 is 0. The van der Waals surface area contributed by atoms with Crippen molar-refractivity contribution in [1.29, 1.82) is 0 Å². The van der Waals surface area contributed by atoms with Crippen LogP contribution in [0.4, 0.5) is 0 Å². The van der Waals surface area contributed by atoms with E-state index in [2.05, 4.69) is 0 Å². The van der Waals surface area contributed by atoms with Crippen LogP contribution in [0.15, 0.2) is 23.0 Å². The lowest BCUT2D eigenvalue weighted by Gasteiger charge is -2.50. The van der Waals surface area contributed by atoms with E-state index in [1.54, 1.807) is 19.9 Å². The zero-order valence-electron chi connectivity index (χ0n) is 19.4. The van der Waals surface area contributed by atoms with E-state index < -0.39 is 57.9 Å². The number of carbonyl (C=O) groups excluding carboxylic acids is 3. The van der Waals surface area contributed by atoms with Gasteiger partial charge in [0.05, 0.1) is 5.56 Å². The Bertz CT molecular complexity index is 1200. The molecular weight excluding hydrogens is 440 g/mol. The van der Waals surface area contributed by atoms with Gasteiger partial charge in [-0.3, -0.25) is 14.4 Å². The number of benzene rings is 1. The van der Waals surface area contributed by atoms with Gasteiger partial charge in [0.25, 0.3) is 5.91 Å². The van der Waals surface area contributed by atoms with Crippen LogP contribution in [0.25, 0.3) is 5.76 Å². The molecule has 8 N–H and O–H groups in total. The maximum Gasteiger partial charge on any atom is 0.255 e. The lowest BCUT2D eigenvalue weighted by Crippen LogP contribution is -2.62. The third kappa shape index (κ3) is 2.96. The van der Waals surface area contributed by atoms with E-state index >= 15 is 0 Å². The number of phenolic OH excluding ortho intramolecular Hbond substituents is 1. The summed E-state index contributed by atoms with van der Waals surface area (Å²) < 4.78 is 0. The van der Waals surface area contributed by atoms with Crippen LogP contribution in [0.5, 0.6) is 5.75 Å². The number of aliphatic hydroxyl groups is 3. The van der Waals surface area contributed by atoms with Gasteiger partial charge in [-0.05, 0) is 42.2 Å². The van der Waals surface area contributed by atoms with Crippen LogP contribution in [-0.2, 0) is 33.8 Å². The summed E-state index contributed by atoms with van der Waals surface area (Å²) in [5, 5.41) is 44.5. The Hall–Kier alpha value is -3.17. The van der Waals surface area contributed by atoms with Crippen molar-refractivity contribution in [2.75, 3.05) is 0 Å². The highest BCUT2D eigenvalue weighted by Gasteiger charge is 2.64. The minimum Gasteiger partial charge on any atom is -0.508 e. The van der Waals surface area contributed by atoms with Crippen LogP contribution < -0.4 is 11.5 Å². The van der Waals surface area contributed by atoms with Gasteiger partial charge < -0.3 is 31.9 Å². The van der Waals surface area contributed by atoms with E-state index in [0.29, 0.717) is 24.0 Å². The molecule has 1 saturated carbocycles. The molecule has 4 atom stereocenters. The zero-order chi connectivity index (χ0) is 25.3. The fraction of sp³-hybridized carbons (Fsp3) is 0.480. The monoisotopic (exact) mass is 470 g/mol. The van der Waals surface area contributed by atoms with Crippen LogP contribution in [0.3, 0.4) is 0 Å². The van der Waals surface area contributed by atoms with Crippen molar-refractivity contribution >= 4 is 23.2 Å². The van der Waals surface area contributed by atoms with Gasteiger partial charge in [0.2, 0.25) is 5.78 Å². The highest BCUT2D eigenvalue weighted by atomic mass is 16.3. The predicted octanol–water partition coefficient (Wildman–Crippen LogP) is 1.33. The van der Waals surface area contributed by atoms with E-state index in [0.717, 1.165) is 5.56 Å². The van der Waals surface area contributed by atoms with Crippen molar-refractivity contribution < 1.29 is 34.8 Å². The molecule has 0 aromatic heterocycles. The largest absolute Gasteiger partial charge is 0.508 e. The van der Waals surface area contributed by atoms with Crippen LogP contribution >= 0.6 is 0 Å². The van der Waals surface area contributed by atoms with Gasteiger partial charge in [-0.2, -0.15) is 0 Å². The molecular formula is C25H30N2O7. The fourth-order valence-corrected chi connectivity index (χ4v) is 6.16. The van der Waals surface area contributed by atoms with Gasteiger partial charge in [-0.1, -0.05) is 26.8 Å². The first-order valence-electron chi connectivity index (χ1n) is 11.5. The van der Waals surface area contributed by atoms with Gasteiger partial charge in [0.1, 0.15) is 22.8 Å². The summed E-state index contributed by atoms with van der Waals surface area (Å²) in [6.07, 6.45) is 1.000. The number of primary amides is 1. The predicted molar refractivity (Wildman–Crippen MR) is 122 cm³/mol. The molecule has 1 aromatic rings. The van der Waals surface area contributed by atoms with Crippen molar-refractivity contribution in [3.8, 4) is 5.75 Å². The lowest BCUT2D eigenvalue weighted by molar-refractivity contribution is -0.155. The number of carbonyl (C=O) groups is 3. The summed E-state index contributed by atoms with van der Waals surface area (Å²) in [7, 11) is 0. The van der Waals surface area contributed by atoms with E-state index in [1.165, 1.54) is 0 Å². The minimum absolute atomic E-state index is 0.0157. The first-order valence-corrected chi connectivity index (χ1v) is 11.5. The summed E-state index contributed by atoms with van der Waals surface area (Å²) in [5.74, 6) is -7.61. The normalized spacial score (nSPS) is 28.7. The minimum atomic E-state index is -2.60. The second-order valence-electron chi connectivity index (χ2n) is 9.78. The van der Waals surface area contributed by atoms with E-state index in [1.807, 2.05) is 6.92 Å². The van der Waals surface area contributed by atoms with Crippen molar-refractivity contribution in [3.05, 3.63) is 45.2 Å². The van der Waals surface area contributed by atoms with Crippen LogP contribution in [0, 0.1) is 23.7 Å². The summed E-state index contributed by atoms with van der Waals surface area (Å²) in [4.78, 5) is 38.9. The zero-order valence-corrected chi connectivity index (χ0v) is 19.4. The second-order valence-corrected chi connectivity index (χ2v) is 9.78. The average molecular weight is 471 g/mol. The molecule has 1 fully saturated rings. The van der Waals surface area contributed by atoms with Gasteiger partial charge >= 0.3 is 0 Å². The summed E-state index contributed by atoms with van der Waals surface area (Å²) in [6, 6.07) is 1.78. The first kappa shape index (κ1) is 24.0. The van der Waals surface area contributed by atoms with E-state index in [-0.39, 0.29) is 35.8 Å². The topological polar surface area (TPSA) is 184 Å². The molecule has 3 aliphatic rings. The molecule has 0 radical (unpaired) electrons. The molecule has 4 rings (SSSR count). The van der Waals surface area contributed by atoms with Gasteiger partial charge in [0.15, 0.2) is 11.4 Å². The first-order chi connectivity index (χ1) is 15.9. The standard InChI is InChI=1S/C25H30N2O7/c1-4-10-5-12(8-26)19(28)17-13(10)6-11-7-14-15(9(2)3)20(29)18(24(27)33)23(32)25(14,34)22(31)16(11)21(17)30/h5,9,11,14-15,28,30,32,34H,4,6-8,26H2,1-3H3,(H2,27,33)/t11-,14-,15-,25-/m0/s1. The quantitative estimate of drug-likeness (QED) is 0.356. The third-order valence-corrected chi connectivity index (χ3v) is 7.74. The number of ketones is 2. The number of fused-ring (bicyclic) bond motifs is 3. The maximum absolute atomic E-state index is 13.8. The molecule has 0 saturated heterocycles. The molecule has 3 aliphatic carbocycles. The highest BCUT2D eigenvalue weighted by Crippen LogP contribution is 2.55. The number of hydrogen-bond acceptors (Lipinski definition) is 8. The molecule has 0 heterocycles. The van der Waals surface area contributed by atoms with E-state index in [9.17, 15) is 34.8 Å². The Kier molecular flexibility index (Phi) is 5.61. The van der Waals surface area contributed by atoms with E-state index in [4.69, 9.17) is 11.5 Å². The van der Waals surface area contributed by atoms with Crippen molar-refractivity contribution in [3.63, 3.8) is 0 Å². The number of rotatable bonds is 4. The molecule has 1 amide bonds. The fourth-order valence-electron chi connectivity index (χ4n) is 6.16. The molecule has 0 spiro atoms. The Balaban J connectivity index is 2.00. The Morgan fingerprint density at radius 1 is 1.21 bits per heavy atom. The molecule has 1 aromatic carbocycles. The number of phenols is 1. The Morgan fingerprint density at radius 3 is 2.38 bits per heavy atom. The van der Waals surface area contributed by atoms with Gasteiger partial charge in [-0.15, -0.1) is 0 Å². The van der Waals surface area contributed by atoms with Crippen LogP contribution in [0.1, 0.15) is 49.4 Å². The molecule has 9 heteroatoms. The number of aliphatic hydroxyl groups excluding tert-OH is 2. The molecule has 182 valence electrons. The molecule has 0 aliphatic heterocycles. The molecule has 9 nitrogen and oxygen atoms in total. The number of hydrogen-bond donors (Lipinski definition) is 6. The Morgan fingerprint density at radius 2 is 1.85 bits per heavy atom. The maximum atomic E-state index is 13.8. The summed E-state index contributed by atoms with van der Waals surface area (Å²) in [5.41, 5.74) is 9.60. The number of aromatic hydroxyl groups is 1. The smallest absolute Gasteiger partial charge is 0.255 e. The number of amides is 1. The average Bonchev–Trinajstić information content (AvgIpc) is 2.76. The number of nitrogens with two attached hydrogens (primary N) is 2. The highest BCUT2D eigenvalue weighted by molar-refractivity contribution is 6.23. The lowest BCUT2D eigenvalue weighted by atomic mass is 9.54. The van der Waals surface area contributed by atoms with Crippen molar-refractivity contribution in [2.45, 2.75) is 52.2 Å². The number of aryl methyl sites for hydroxylation is 1. The Labute approximate surface area is 196 Å². The van der Waals surface area contributed by atoms with Crippen LogP contribution in [-0.4, -0.2) is 43.5 Å². The van der Waals surface area contributed by atoms with Gasteiger partial charge in [0, 0.05) is 29.5 Å². The molecule has 0 bridgehead atoms. The second kappa shape index (κ2) is 7.95. The summed E-state index contributed by atoms with van der Waals surface area (Å²) in [6.45, 7) is 5.41. The molecule has 0 unspecified atom stereocenters. The molecule has 34 heavy (non-hydrogen) atoms. The van der Waals surface area contributed by atoms with Crippen molar-refractivity contribution in [1.82, 2.24) is 0 Å². The number of Topliss-reactive ketones (excluding diaryl/α,β-unsaturated/α-hetero) is 2. The third-order valence-electron chi connectivity index (χ3n) is 7.74. The van der Waals surface area contributed by atoms with Crippen molar-refractivity contribution in [2.24, 2.45) is 35.1 Å². The SMILES string of the molecule is CCc1cc(CN)c(O)c2c1C[C@H]1C[C@H]3[C@H](C(C)C)C(=O)C(C(N)=O)=C(O)[C@@]3(O)C(=O)C1=C2O. The van der Waals surface area contributed by atoms with Crippen LogP contribution in [0.2, 0.25) is 0 Å². The van der Waals surface area contributed by atoms with Gasteiger partial charge in [-0.25, -0.2) is 0 Å².